The first-order valence-corrected chi connectivity index (χ1v) is 11.1. The largest absolute Gasteiger partial charge is 0.325 e. The van der Waals surface area contributed by atoms with Crippen molar-refractivity contribution in [2.24, 2.45) is 0 Å². The lowest BCUT2D eigenvalue weighted by Crippen LogP contribution is -2.23. The number of aryl methyl sites for hydroxylation is 1. The molecule has 158 valence electrons. The smallest absolute Gasteiger partial charge is 0.234 e. The minimum atomic E-state index is -0.0562. The zero-order chi connectivity index (χ0) is 21.5. The lowest BCUT2D eigenvalue weighted by Gasteiger charge is -2.23. The van der Waals surface area contributed by atoms with E-state index in [9.17, 15) is 4.79 Å². The maximum absolute atomic E-state index is 12.4. The second-order valence-corrected chi connectivity index (χ2v) is 8.45. The number of hydrogen-bond acceptors (Lipinski definition) is 5. The molecule has 0 aliphatic carbocycles. The number of anilines is 1. The van der Waals surface area contributed by atoms with Gasteiger partial charge in [-0.2, -0.15) is 0 Å². The maximum Gasteiger partial charge on any atom is 0.234 e. The van der Waals surface area contributed by atoms with E-state index in [2.05, 4.69) is 58.1 Å². The van der Waals surface area contributed by atoms with E-state index in [4.69, 9.17) is 0 Å². The number of nitrogens with zero attached hydrogens (tertiary/aromatic N) is 4. The van der Waals surface area contributed by atoms with Gasteiger partial charge in [-0.05, 0) is 45.1 Å². The zero-order valence-corrected chi connectivity index (χ0v) is 18.8. The summed E-state index contributed by atoms with van der Waals surface area (Å²) in [5, 5.41) is 12.6. The molecule has 1 aromatic heterocycles. The number of amides is 1. The van der Waals surface area contributed by atoms with Gasteiger partial charge in [-0.3, -0.25) is 9.69 Å². The number of hydrogen-bond donors (Lipinski definition) is 1. The molecule has 30 heavy (non-hydrogen) atoms. The fourth-order valence-electron chi connectivity index (χ4n) is 3.31. The van der Waals surface area contributed by atoms with E-state index >= 15 is 0 Å². The molecule has 1 heterocycles. The number of carbonyl (C=O) groups excluding carboxylic acids is 1. The van der Waals surface area contributed by atoms with Crippen molar-refractivity contribution in [3.63, 3.8) is 0 Å². The van der Waals surface area contributed by atoms with Gasteiger partial charge in [0.2, 0.25) is 5.91 Å². The van der Waals surface area contributed by atoms with Gasteiger partial charge in [0.1, 0.15) is 0 Å². The fraction of sp³-hybridized carbons (Fsp3) is 0.348. The number of rotatable bonds is 9. The highest BCUT2D eigenvalue weighted by molar-refractivity contribution is 7.99. The van der Waals surface area contributed by atoms with Gasteiger partial charge in [0.15, 0.2) is 11.0 Å². The SMILES string of the molecule is CCC(c1nnc(SCC(=O)Nc2ccc(C)cc2)n1Cc1ccccc1)N(C)C. The highest BCUT2D eigenvalue weighted by Crippen LogP contribution is 2.26. The Labute approximate surface area is 182 Å². The monoisotopic (exact) mass is 423 g/mol. The standard InChI is InChI=1S/C23H29N5OS/c1-5-20(27(3)4)22-25-26-23(28(22)15-18-9-7-6-8-10-18)30-16-21(29)24-19-13-11-17(2)12-14-19/h6-14,20H,5,15-16H2,1-4H3,(H,24,29). The summed E-state index contributed by atoms with van der Waals surface area (Å²) in [5.74, 6) is 1.15. The van der Waals surface area contributed by atoms with Gasteiger partial charge in [-0.1, -0.05) is 66.7 Å². The molecule has 0 aliphatic rings. The van der Waals surface area contributed by atoms with Crippen LogP contribution in [0, 0.1) is 6.92 Å². The maximum atomic E-state index is 12.4. The van der Waals surface area contributed by atoms with E-state index in [1.165, 1.54) is 17.3 Å². The Balaban J connectivity index is 1.76. The van der Waals surface area contributed by atoms with Crippen molar-refractivity contribution in [2.45, 2.75) is 38.0 Å². The molecule has 7 heteroatoms. The van der Waals surface area contributed by atoms with Crippen LogP contribution in [0.15, 0.2) is 59.8 Å². The predicted octanol–water partition coefficient (Wildman–Crippen LogP) is 4.38. The molecule has 0 spiro atoms. The van der Waals surface area contributed by atoms with Crippen molar-refractivity contribution in [1.29, 1.82) is 0 Å². The normalized spacial score (nSPS) is 12.2. The summed E-state index contributed by atoms with van der Waals surface area (Å²) in [6, 6.07) is 18.2. The summed E-state index contributed by atoms with van der Waals surface area (Å²) in [7, 11) is 4.11. The van der Waals surface area contributed by atoms with Crippen molar-refractivity contribution in [1.82, 2.24) is 19.7 Å². The first-order valence-electron chi connectivity index (χ1n) is 10.1. The highest BCUT2D eigenvalue weighted by atomic mass is 32.2. The average Bonchev–Trinajstić information content (AvgIpc) is 3.11. The molecule has 1 N–H and O–H groups in total. The fourth-order valence-corrected chi connectivity index (χ4v) is 4.06. The molecule has 0 radical (unpaired) electrons. The summed E-state index contributed by atoms with van der Waals surface area (Å²) < 4.78 is 2.13. The third-order valence-corrected chi connectivity index (χ3v) is 5.87. The second kappa shape index (κ2) is 10.4. The third kappa shape index (κ3) is 5.70. The molecular formula is C23H29N5OS. The van der Waals surface area contributed by atoms with Crippen LogP contribution in [0.1, 0.15) is 36.3 Å². The molecule has 2 aromatic carbocycles. The van der Waals surface area contributed by atoms with Crippen LogP contribution < -0.4 is 5.32 Å². The molecule has 0 aliphatic heterocycles. The number of aromatic nitrogens is 3. The highest BCUT2D eigenvalue weighted by Gasteiger charge is 2.22. The first-order chi connectivity index (χ1) is 14.5. The molecule has 1 unspecified atom stereocenters. The summed E-state index contributed by atoms with van der Waals surface area (Å²) in [5.41, 5.74) is 3.14. The number of carbonyl (C=O) groups is 1. The Morgan fingerprint density at radius 3 is 2.43 bits per heavy atom. The summed E-state index contributed by atoms with van der Waals surface area (Å²) in [6.45, 7) is 4.85. The minimum absolute atomic E-state index is 0.0562. The molecule has 0 fully saturated rings. The van der Waals surface area contributed by atoms with E-state index in [1.807, 2.05) is 49.4 Å². The number of nitrogens with one attached hydrogen (secondary N) is 1. The zero-order valence-electron chi connectivity index (χ0n) is 18.0. The molecule has 1 amide bonds. The van der Waals surface area contributed by atoms with Gasteiger partial charge in [-0.25, -0.2) is 0 Å². The van der Waals surface area contributed by atoms with Crippen molar-refractivity contribution in [2.75, 3.05) is 25.2 Å². The lowest BCUT2D eigenvalue weighted by atomic mass is 10.2. The van der Waals surface area contributed by atoms with Gasteiger partial charge >= 0.3 is 0 Å². The topological polar surface area (TPSA) is 63.1 Å². The number of thioether (sulfide) groups is 1. The number of benzene rings is 2. The van der Waals surface area contributed by atoms with Crippen LogP contribution in [0.4, 0.5) is 5.69 Å². The quantitative estimate of drug-likeness (QED) is 0.518. The van der Waals surface area contributed by atoms with Crippen LogP contribution in [0.2, 0.25) is 0 Å². The second-order valence-electron chi connectivity index (χ2n) is 7.50. The Hall–Kier alpha value is -2.64. The van der Waals surface area contributed by atoms with Gasteiger partial charge in [0.05, 0.1) is 18.3 Å². The molecule has 3 rings (SSSR count). The molecule has 0 saturated heterocycles. The summed E-state index contributed by atoms with van der Waals surface area (Å²) >= 11 is 1.42. The Morgan fingerprint density at radius 2 is 1.80 bits per heavy atom. The van der Waals surface area contributed by atoms with Crippen LogP contribution >= 0.6 is 11.8 Å². The van der Waals surface area contributed by atoms with Crippen LogP contribution in [0.25, 0.3) is 0 Å². The van der Waals surface area contributed by atoms with Gasteiger partial charge in [-0.15, -0.1) is 10.2 Å². The van der Waals surface area contributed by atoms with E-state index in [0.29, 0.717) is 6.54 Å². The van der Waals surface area contributed by atoms with Crippen LogP contribution in [-0.4, -0.2) is 45.4 Å². The first kappa shape index (κ1) is 22.1. The summed E-state index contributed by atoms with van der Waals surface area (Å²) in [4.78, 5) is 14.6. The molecule has 1 atom stereocenters. The Kier molecular flexibility index (Phi) is 7.65. The average molecular weight is 424 g/mol. The van der Waals surface area contributed by atoms with E-state index in [1.54, 1.807) is 0 Å². The van der Waals surface area contributed by atoms with Crippen molar-refractivity contribution < 1.29 is 4.79 Å². The van der Waals surface area contributed by atoms with Crippen molar-refractivity contribution in [3.05, 3.63) is 71.5 Å². The van der Waals surface area contributed by atoms with Crippen molar-refractivity contribution in [3.8, 4) is 0 Å². The van der Waals surface area contributed by atoms with Crippen LogP contribution in [0.3, 0.4) is 0 Å². The van der Waals surface area contributed by atoms with Crippen LogP contribution in [-0.2, 0) is 11.3 Å². The van der Waals surface area contributed by atoms with E-state index in [0.717, 1.165) is 28.7 Å². The van der Waals surface area contributed by atoms with Gasteiger partial charge in [0, 0.05) is 5.69 Å². The molecule has 3 aromatic rings. The van der Waals surface area contributed by atoms with Crippen LogP contribution in [0.5, 0.6) is 0 Å². The van der Waals surface area contributed by atoms with E-state index in [-0.39, 0.29) is 17.7 Å². The van der Waals surface area contributed by atoms with Crippen molar-refractivity contribution >= 4 is 23.4 Å². The Bertz CT molecular complexity index is 953. The van der Waals surface area contributed by atoms with Gasteiger partial charge < -0.3 is 9.88 Å². The predicted molar refractivity (Wildman–Crippen MR) is 123 cm³/mol. The molecule has 0 saturated carbocycles. The molecule has 0 bridgehead atoms. The van der Waals surface area contributed by atoms with E-state index < -0.39 is 0 Å². The minimum Gasteiger partial charge on any atom is -0.325 e. The molecule has 6 nitrogen and oxygen atoms in total. The Morgan fingerprint density at radius 1 is 1.10 bits per heavy atom. The summed E-state index contributed by atoms with van der Waals surface area (Å²) in [6.07, 6.45) is 0.929. The van der Waals surface area contributed by atoms with Gasteiger partial charge in [0.25, 0.3) is 0 Å². The lowest BCUT2D eigenvalue weighted by molar-refractivity contribution is -0.113. The third-order valence-electron chi connectivity index (χ3n) is 4.90. The molecular weight excluding hydrogens is 394 g/mol.